The molecule has 6 N–H and O–H groups in total. The van der Waals surface area contributed by atoms with Crippen LogP contribution >= 0.6 is 0 Å². The molecule has 0 heterocycles. The fourth-order valence-corrected chi connectivity index (χ4v) is 3.08. The number of rotatable bonds is 12. The molecule has 7 nitrogen and oxygen atoms in total. The van der Waals surface area contributed by atoms with Crippen LogP contribution in [0, 0.1) is 23.7 Å². The van der Waals surface area contributed by atoms with E-state index < -0.39 is 54.4 Å². The molecule has 0 saturated carbocycles. The highest BCUT2D eigenvalue weighted by Crippen LogP contribution is 2.26. The van der Waals surface area contributed by atoms with Crippen LogP contribution in [-0.4, -0.2) is 81.0 Å². The summed E-state index contributed by atoms with van der Waals surface area (Å²) in [5.41, 5.74) is 0. The van der Waals surface area contributed by atoms with Gasteiger partial charge in [0.1, 0.15) is 6.10 Å². The van der Waals surface area contributed by atoms with Crippen molar-refractivity contribution in [2.24, 2.45) is 23.7 Å². The summed E-state index contributed by atoms with van der Waals surface area (Å²) in [5, 5.41) is 60.4. The van der Waals surface area contributed by atoms with Gasteiger partial charge < -0.3 is 35.4 Å². The van der Waals surface area contributed by atoms with E-state index in [0.29, 0.717) is 0 Å². The SMILES string of the molecule is COC(CO)C(O)C(C)C(O)C(C)C(O)CC(O)C(C)C(O)C(C)C. The molecule has 0 fully saturated rings. The van der Waals surface area contributed by atoms with E-state index in [2.05, 4.69) is 0 Å². The molecule has 0 aliphatic carbocycles. The van der Waals surface area contributed by atoms with Gasteiger partial charge in [0.05, 0.1) is 37.1 Å². The number of aliphatic hydroxyl groups is 6. The molecule has 0 bridgehead atoms. The lowest BCUT2D eigenvalue weighted by Gasteiger charge is -2.35. The van der Waals surface area contributed by atoms with Gasteiger partial charge in [-0.3, -0.25) is 0 Å². The molecule has 0 aliphatic rings. The molecule has 25 heavy (non-hydrogen) atoms. The van der Waals surface area contributed by atoms with E-state index in [-0.39, 0.29) is 18.9 Å². The lowest BCUT2D eigenvalue weighted by atomic mass is 9.81. The summed E-state index contributed by atoms with van der Waals surface area (Å²) in [6.45, 7) is 8.30. The number of hydrogen-bond acceptors (Lipinski definition) is 7. The van der Waals surface area contributed by atoms with Crippen LogP contribution in [0.4, 0.5) is 0 Å². The van der Waals surface area contributed by atoms with E-state index in [9.17, 15) is 30.6 Å². The minimum atomic E-state index is -1.09. The van der Waals surface area contributed by atoms with Crippen molar-refractivity contribution in [2.75, 3.05) is 13.7 Å². The molecule has 0 radical (unpaired) electrons. The summed E-state index contributed by atoms with van der Waals surface area (Å²) in [6, 6.07) is 0. The third-order valence-corrected chi connectivity index (χ3v) is 5.40. The first kappa shape index (κ1) is 24.7. The Morgan fingerprint density at radius 3 is 1.48 bits per heavy atom. The quantitative estimate of drug-likeness (QED) is 0.281. The third kappa shape index (κ3) is 7.09. The molecule has 0 amide bonds. The van der Waals surface area contributed by atoms with Crippen molar-refractivity contribution in [1.82, 2.24) is 0 Å². The number of ether oxygens (including phenoxy) is 1. The van der Waals surface area contributed by atoms with Crippen LogP contribution in [0.25, 0.3) is 0 Å². The Kier molecular flexibility index (Phi) is 11.3. The number of aliphatic hydroxyl groups excluding tert-OH is 6. The van der Waals surface area contributed by atoms with E-state index in [1.54, 1.807) is 20.8 Å². The minimum absolute atomic E-state index is 0.00978. The van der Waals surface area contributed by atoms with Crippen molar-refractivity contribution < 1.29 is 35.4 Å². The normalized spacial score (nSPS) is 23.4. The maximum Gasteiger partial charge on any atom is 0.106 e. The van der Waals surface area contributed by atoms with Crippen LogP contribution in [0.1, 0.15) is 41.0 Å². The van der Waals surface area contributed by atoms with Gasteiger partial charge in [-0.05, 0) is 12.3 Å². The van der Waals surface area contributed by atoms with E-state index in [1.807, 2.05) is 13.8 Å². The van der Waals surface area contributed by atoms with Crippen LogP contribution in [0.3, 0.4) is 0 Å². The van der Waals surface area contributed by atoms with Crippen molar-refractivity contribution in [3.8, 4) is 0 Å². The topological polar surface area (TPSA) is 131 Å². The molecule has 7 heteroatoms. The molecule has 0 aliphatic heterocycles. The zero-order chi connectivity index (χ0) is 19.9. The highest BCUT2D eigenvalue weighted by atomic mass is 16.5. The fourth-order valence-electron chi connectivity index (χ4n) is 3.08. The number of hydrogen-bond donors (Lipinski definition) is 6. The minimum Gasteiger partial charge on any atom is -0.394 e. The average Bonchev–Trinajstić information content (AvgIpc) is 2.58. The van der Waals surface area contributed by atoms with Gasteiger partial charge in [-0.1, -0.05) is 34.6 Å². The Hall–Kier alpha value is -0.280. The van der Waals surface area contributed by atoms with Gasteiger partial charge in [0, 0.05) is 24.9 Å². The fraction of sp³-hybridized carbons (Fsp3) is 1.00. The Bertz CT molecular complexity index is 348. The second kappa shape index (κ2) is 11.4. The standard InChI is InChI=1S/C18H38O7/c1-9(2)16(22)10(3)13(20)7-14(21)11(4)17(23)12(5)18(24)15(8-19)25-6/h9-24H,7-8H2,1-6H3. The van der Waals surface area contributed by atoms with E-state index in [1.165, 1.54) is 7.11 Å². The van der Waals surface area contributed by atoms with Crippen LogP contribution in [-0.2, 0) is 4.74 Å². The molecule has 0 rings (SSSR count). The Morgan fingerprint density at radius 2 is 1.12 bits per heavy atom. The third-order valence-electron chi connectivity index (χ3n) is 5.40. The smallest absolute Gasteiger partial charge is 0.106 e. The van der Waals surface area contributed by atoms with Crippen molar-refractivity contribution in [1.29, 1.82) is 0 Å². The zero-order valence-corrected chi connectivity index (χ0v) is 16.3. The van der Waals surface area contributed by atoms with Crippen LogP contribution in [0.15, 0.2) is 0 Å². The summed E-state index contributed by atoms with van der Waals surface area (Å²) in [7, 11) is 1.36. The van der Waals surface area contributed by atoms with Gasteiger partial charge in [0.2, 0.25) is 0 Å². The van der Waals surface area contributed by atoms with E-state index in [0.717, 1.165) is 0 Å². The Labute approximate surface area is 151 Å². The molecule has 0 saturated heterocycles. The van der Waals surface area contributed by atoms with Crippen molar-refractivity contribution in [3.63, 3.8) is 0 Å². The molecule has 9 atom stereocenters. The molecule has 0 aromatic heterocycles. The predicted octanol–water partition coefficient (Wildman–Crippen LogP) is -0.247. The molecule has 0 aromatic carbocycles. The highest BCUT2D eigenvalue weighted by molar-refractivity contribution is 4.86. The average molecular weight is 366 g/mol. The van der Waals surface area contributed by atoms with Crippen molar-refractivity contribution >= 4 is 0 Å². The molecule has 0 spiro atoms. The first-order valence-corrected chi connectivity index (χ1v) is 9.03. The highest BCUT2D eigenvalue weighted by Gasteiger charge is 2.36. The second-order valence-corrected chi connectivity index (χ2v) is 7.62. The number of methoxy groups -OCH3 is 1. The maximum atomic E-state index is 10.4. The predicted molar refractivity (Wildman–Crippen MR) is 94.9 cm³/mol. The van der Waals surface area contributed by atoms with Crippen LogP contribution in [0.5, 0.6) is 0 Å². The lowest BCUT2D eigenvalue weighted by Crippen LogP contribution is -2.46. The first-order valence-electron chi connectivity index (χ1n) is 9.03. The van der Waals surface area contributed by atoms with Gasteiger partial charge in [-0.2, -0.15) is 0 Å². The monoisotopic (exact) mass is 366 g/mol. The summed E-state index contributed by atoms with van der Waals surface area (Å²) >= 11 is 0. The van der Waals surface area contributed by atoms with E-state index >= 15 is 0 Å². The molecule has 0 aromatic rings. The Balaban J connectivity index is 4.78. The van der Waals surface area contributed by atoms with Crippen molar-refractivity contribution in [3.05, 3.63) is 0 Å². The van der Waals surface area contributed by atoms with Gasteiger partial charge in [0.25, 0.3) is 0 Å². The maximum absolute atomic E-state index is 10.4. The molecule has 152 valence electrons. The first-order chi connectivity index (χ1) is 11.5. The largest absolute Gasteiger partial charge is 0.394 e. The van der Waals surface area contributed by atoms with E-state index in [4.69, 9.17) is 4.74 Å². The van der Waals surface area contributed by atoms with Crippen LogP contribution < -0.4 is 0 Å². The zero-order valence-electron chi connectivity index (χ0n) is 16.3. The van der Waals surface area contributed by atoms with Gasteiger partial charge >= 0.3 is 0 Å². The summed E-state index contributed by atoms with van der Waals surface area (Å²) in [4.78, 5) is 0. The van der Waals surface area contributed by atoms with Crippen molar-refractivity contribution in [2.45, 2.75) is 77.7 Å². The van der Waals surface area contributed by atoms with Crippen LogP contribution in [0.2, 0.25) is 0 Å². The second-order valence-electron chi connectivity index (χ2n) is 7.62. The van der Waals surface area contributed by atoms with Gasteiger partial charge in [-0.25, -0.2) is 0 Å². The lowest BCUT2D eigenvalue weighted by molar-refractivity contribution is -0.109. The Morgan fingerprint density at radius 1 is 0.680 bits per heavy atom. The van der Waals surface area contributed by atoms with Gasteiger partial charge in [-0.15, -0.1) is 0 Å². The van der Waals surface area contributed by atoms with Gasteiger partial charge in [0.15, 0.2) is 0 Å². The summed E-state index contributed by atoms with van der Waals surface area (Å²) in [6.07, 6.45) is -5.54. The molecular formula is C18H38O7. The molecular weight excluding hydrogens is 328 g/mol. The molecule has 9 unspecified atom stereocenters. The summed E-state index contributed by atoms with van der Waals surface area (Å²) < 4.78 is 4.98. The summed E-state index contributed by atoms with van der Waals surface area (Å²) in [5.74, 6) is -1.67.